The molecule has 11 atom stereocenters. The van der Waals surface area contributed by atoms with Gasteiger partial charge in [-0.15, -0.1) is 0 Å². The van der Waals surface area contributed by atoms with E-state index in [1.54, 1.807) is 11.1 Å². The van der Waals surface area contributed by atoms with Crippen LogP contribution in [0.4, 0.5) is 11.4 Å². The van der Waals surface area contributed by atoms with Gasteiger partial charge in [-0.1, -0.05) is 103 Å². The summed E-state index contributed by atoms with van der Waals surface area (Å²) >= 11 is 0. The fraction of sp³-hybridized carbons (Fsp3) is 0.294. The molecule has 0 radical (unpaired) electrons. The second kappa shape index (κ2) is 11.4. The number of nitrogens with zero attached hydrogens (tertiary/aromatic N) is 2. The van der Waals surface area contributed by atoms with Crippen LogP contribution in [-0.4, -0.2) is 11.4 Å². The van der Waals surface area contributed by atoms with Crippen LogP contribution < -0.4 is 15.7 Å². The Hall–Kier alpha value is -6.78. The average Bonchev–Trinajstić information content (AvgIpc) is 4.31. The first-order chi connectivity index (χ1) is 35.5. The topological polar surface area (TPSA) is 21.3 Å². The van der Waals surface area contributed by atoms with E-state index < -0.39 is 0 Å². The van der Waals surface area contributed by atoms with Crippen molar-refractivity contribution in [2.45, 2.75) is 68.6 Å². The summed E-state index contributed by atoms with van der Waals surface area (Å²) in [6.45, 7) is -0.0415. The highest BCUT2D eigenvalue weighted by Crippen LogP contribution is 3.08. The van der Waals surface area contributed by atoms with Gasteiger partial charge in [0.1, 0.15) is 11.2 Å². The summed E-state index contributed by atoms with van der Waals surface area (Å²) in [7, 11) is 0. The number of furan rings is 1. The minimum atomic E-state index is -0.0415. The molecule has 342 valence electrons. The average molecular weight is 923 g/mol. The Morgan fingerprint density at radius 1 is 0.528 bits per heavy atom. The number of hydrogen-bond acceptors (Lipinski definition) is 2. The Morgan fingerprint density at radius 2 is 1.32 bits per heavy atom. The predicted molar refractivity (Wildman–Crippen MR) is 291 cm³/mol. The summed E-state index contributed by atoms with van der Waals surface area (Å²) in [5, 5.41) is 5.35. The van der Waals surface area contributed by atoms with Crippen LogP contribution in [0.3, 0.4) is 0 Å². The van der Waals surface area contributed by atoms with Gasteiger partial charge >= 0.3 is 6.85 Å². The molecule has 3 nitrogen and oxygen atoms in total. The Labute approximate surface area is 418 Å². The maximum absolute atomic E-state index is 6.81. The smallest absolute Gasteiger partial charge is 0.333 e. The van der Waals surface area contributed by atoms with Crippen LogP contribution in [0, 0.1) is 51.8 Å². The minimum Gasteiger partial charge on any atom is -0.456 e. The normalized spacial score (nSPS) is 34.9. The van der Waals surface area contributed by atoms with Crippen LogP contribution in [0.2, 0.25) is 0 Å². The molecular formula is C68H51BN2O. The molecule has 4 heteroatoms. The van der Waals surface area contributed by atoms with Gasteiger partial charge in [0.15, 0.2) is 0 Å². The molecule has 72 heavy (non-hydrogen) atoms. The molecule has 12 aliphatic rings. The number of benzene rings is 8. The van der Waals surface area contributed by atoms with Crippen LogP contribution in [-0.2, 0) is 10.8 Å². The van der Waals surface area contributed by atoms with Gasteiger partial charge in [-0.25, -0.2) is 0 Å². The third kappa shape index (κ3) is 3.70. The molecule has 10 saturated carbocycles. The fourth-order valence-corrected chi connectivity index (χ4v) is 22.2. The van der Waals surface area contributed by atoms with Gasteiger partial charge in [0, 0.05) is 49.6 Å². The van der Waals surface area contributed by atoms with Crippen molar-refractivity contribution < 1.29 is 4.42 Å². The first-order valence-electron chi connectivity index (χ1n) is 27.7. The molecule has 2 aromatic heterocycles. The van der Waals surface area contributed by atoms with Gasteiger partial charge in [-0.2, -0.15) is 0 Å². The summed E-state index contributed by atoms with van der Waals surface area (Å²) < 4.78 is 9.58. The maximum atomic E-state index is 6.81. The van der Waals surface area contributed by atoms with Crippen molar-refractivity contribution in [3.8, 4) is 39.1 Å². The number of hydrogen-bond donors (Lipinski definition) is 0. The molecule has 2 aliphatic heterocycles. The monoisotopic (exact) mass is 922 g/mol. The molecule has 4 heterocycles. The van der Waals surface area contributed by atoms with Crippen LogP contribution in [0.5, 0.6) is 0 Å². The molecule has 10 fully saturated rings. The van der Waals surface area contributed by atoms with Crippen LogP contribution >= 0.6 is 0 Å². The Bertz CT molecular complexity index is 4230. The van der Waals surface area contributed by atoms with Gasteiger partial charge < -0.3 is 13.8 Å². The molecule has 0 amide bonds. The lowest BCUT2D eigenvalue weighted by atomic mass is 9.39. The molecule has 3 bridgehead atoms. The lowest BCUT2D eigenvalue weighted by Gasteiger charge is -2.64. The van der Waals surface area contributed by atoms with Crippen LogP contribution in [0.15, 0.2) is 168 Å². The van der Waals surface area contributed by atoms with E-state index in [0.717, 1.165) is 46.7 Å². The van der Waals surface area contributed by atoms with Crippen LogP contribution in [0.25, 0.3) is 82.8 Å². The highest BCUT2D eigenvalue weighted by molar-refractivity contribution is 6.93. The third-order valence-electron chi connectivity index (χ3n) is 24.1. The molecule has 0 saturated heterocycles. The summed E-state index contributed by atoms with van der Waals surface area (Å²) in [5.74, 6) is 5.81. The van der Waals surface area contributed by atoms with E-state index in [4.69, 9.17) is 4.42 Å². The quantitative estimate of drug-likeness (QED) is 0.160. The molecule has 10 aromatic rings. The van der Waals surface area contributed by atoms with E-state index in [1.165, 1.54) is 152 Å². The number of aromatic nitrogens is 1. The van der Waals surface area contributed by atoms with E-state index in [1.807, 2.05) is 0 Å². The Balaban J connectivity index is 0.882. The largest absolute Gasteiger partial charge is 0.456 e. The molecule has 3 spiro atoms. The summed E-state index contributed by atoms with van der Waals surface area (Å²) in [6, 6.07) is 63.9. The van der Waals surface area contributed by atoms with Crippen molar-refractivity contribution in [1.29, 1.82) is 0 Å². The third-order valence-corrected chi connectivity index (χ3v) is 24.1. The predicted octanol–water partition coefficient (Wildman–Crippen LogP) is 15.0. The molecule has 0 N–H and O–H groups in total. The summed E-state index contributed by atoms with van der Waals surface area (Å²) in [5.41, 5.74) is 25.0. The highest BCUT2D eigenvalue weighted by Gasteiger charge is 3.04. The van der Waals surface area contributed by atoms with Gasteiger partial charge in [0.05, 0.1) is 11.0 Å². The van der Waals surface area contributed by atoms with Gasteiger partial charge in [-0.3, -0.25) is 0 Å². The molecule has 8 aromatic carbocycles. The fourth-order valence-electron chi connectivity index (χ4n) is 22.2. The number of rotatable bonds is 5. The van der Waals surface area contributed by atoms with Crippen LogP contribution in [0.1, 0.15) is 68.9 Å². The summed E-state index contributed by atoms with van der Waals surface area (Å²) in [4.78, 5) is 2.77. The van der Waals surface area contributed by atoms with E-state index in [-0.39, 0.29) is 6.85 Å². The number of para-hydroxylation sites is 1. The Kier molecular flexibility index (Phi) is 5.85. The molecule has 11 unspecified atom stereocenters. The van der Waals surface area contributed by atoms with Crippen molar-refractivity contribution in [2.75, 3.05) is 4.81 Å². The molecule has 10 aliphatic carbocycles. The first kappa shape index (κ1) is 37.0. The maximum Gasteiger partial charge on any atom is 0.333 e. The zero-order valence-corrected chi connectivity index (χ0v) is 40.3. The SMILES string of the molecule is c1ccc(-c2ccc(N3B4c5c(cc(-c6ccccc6)cc5-n5c6ccc(C78CC9CC%10CC9(C7)C%10C8)cc6c6cc(C78CC9CC%10CC%11(C7)C8C9%10%11)cc4c65)-c4cc5oc6ccccc6c5cc43)cc2)cc1. The van der Waals surface area contributed by atoms with Gasteiger partial charge in [0.25, 0.3) is 0 Å². The van der Waals surface area contributed by atoms with Crippen molar-refractivity contribution in [3.63, 3.8) is 0 Å². The van der Waals surface area contributed by atoms with Gasteiger partial charge in [0.2, 0.25) is 0 Å². The second-order valence-corrected chi connectivity index (χ2v) is 26.0. The standard InChI is InChI=1S/C68H51BN2O/c1-3-9-37(10-4-1)39-15-18-47(19-16-39)71-57-28-51-48-13-7-8-14-59(48)72-60(51)29-50(57)52-22-40(38-11-5-2-6-12-38)23-58-61(52)69(71)55-27-43(66-32-45-24-46-33-67(36-66)63(66)68(45,46)67)26-53-49-25-42(17-20-56(49)70(58)62(53)55)64-31-44-21-41-30-65(44,35-64)54(41)34-64/h1-20,22-23,25-29,41,44-46,54,63H,21,24,30-36H2. The molecule has 22 rings (SSSR count). The van der Waals surface area contributed by atoms with E-state index >= 15 is 0 Å². The van der Waals surface area contributed by atoms with Crippen molar-refractivity contribution >= 4 is 72.9 Å². The lowest BCUT2D eigenvalue weighted by Crippen LogP contribution is -2.61. The van der Waals surface area contributed by atoms with Crippen molar-refractivity contribution in [2.24, 2.45) is 51.8 Å². The zero-order chi connectivity index (χ0) is 46.0. The van der Waals surface area contributed by atoms with E-state index in [9.17, 15) is 0 Å². The Morgan fingerprint density at radius 3 is 2.12 bits per heavy atom. The number of fused-ring (bicyclic) bond motifs is 11. The lowest BCUT2D eigenvalue weighted by molar-refractivity contribution is -0.135. The zero-order valence-electron chi connectivity index (χ0n) is 40.3. The second-order valence-electron chi connectivity index (χ2n) is 26.0. The van der Waals surface area contributed by atoms with Crippen molar-refractivity contribution in [1.82, 2.24) is 4.57 Å². The first-order valence-corrected chi connectivity index (χ1v) is 27.7. The van der Waals surface area contributed by atoms with E-state index in [0.29, 0.717) is 27.1 Å². The van der Waals surface area contributed by atoms with Gasteiger partial charge in [-0.05, 0) is 225 Å². The summed E-state index contributed by atoms with van der Waals surface area (Å²) in [6.07, 6.45) is 13.2. The number of anilines is 2. The molecular weight excluding hydrogens is 872 g/mol. The van der Waals surface area contributed by atoms with Crippen molar-refractivity contribution in [3.05, 3.63) is 175 Å². The van der Waals surface area contributed by atoms with E-state index in [2.05, 4.69) is 173 Å². The highest BCUT2D eigenvalue weighted by atomic mass is 16.3. The minimum absolute atomic E-state index is 0.0415.